The molecule has 0 atom stereocenters. The van der Waals surface area contributed by atoms with Gasteiger partial charge >= 0.3 is 5.43 Å². The highest BCUT2D eigenvalue weighted by molar-refractivity contribution is 6.60. The average molecular weight is 138 g/mol. The van der Waals surface area contributed by atoms with E-state index in [1.54, 1.807) is 0 Å². The predicted octanol–water partition coefficient (Wildman–Crippen LogP) is 1.01. The normalized spacial score (nSPS) is 16.2. The fourth-order valence-electron chi connectivity index (χ4n) is 0.0962. The summed E-state index contributed by atoms with van der Waals surface area (Å²) in [5.74, 6) is 0. The van der Waals surface area contributed by atoms with Crippen LogP contribution in [-0.2, 0) is 0 Å². The van der Waals surface area contributed by atoms with Crippen LogP contribution in [0.15, 0.2) is 0 Å². The molecule has 48 valence electrons. The van der Waals surface area contributed by atoms with Crippen molar-refractivity contribution < 1.29 is 9.90 Å². The summed E-state index contributed by atoms with van der Waals surface area (Å²) < 4.78 is 0. The number of hydrogen-bond acceptors (Lipinski definition) is 2. The van der Waals surface area contributed by atoms with Crippen LogP contribution in [-0.4, -0.2) is 16.6 Å². The van der Waals surface area contributed by atoms with Crippen molar-refractivity contribution in [3.05, 3.63) is 0 Å². The van der Waals surface area contributed by atoms with Crippen LogP contribution in [0.1, 0.15) is 12.8 Å². The summed E-state index contributed by atoms with van der Waals surface area (Å²) in [6.45, 7) is 0. The SMILES string of the molecule is NC1CC1.O=C(O)Cl. The first-order chi connectivity index (χ1) is 3.63. The number of carbonyl (C=O) groups is 1. The molecule has 1 rings (SSSR count). The summed E-state index contributed by atoms with van der Waals surface area (Å²) in [5, 5.41) is 7.18. The molecule has 0 heterocycles. The monoisotopic (exact) mass is 137 g/mol. The second-order valence-corrected chi connectivity index (χ2v) is 1.91. The average Bonchev–Trinajstić information content (AvgIpc) is 2.19. The van der Waals surface area contributed by atoms with E-state index >= 15 is 0 Å². The van der Waals surface area contributed by atoms with Crippen molar-refractivity contribution in [1.82, 2.24) is 0 Å². The molecule has 0 aromatic carbocycles. The molecule has 4 heteroatoms. The molecular weight excluding hydrogens is 130 g/mol. The van der Waals surface area contributed by atoms with Gasteiger partial charge in [0.2, 0.25) is 0 Å². The van der Waals surface area contributed by atoms with Gasteiger partial charge in [-0.3, -0.25) is 0 Å². The number of rotatable bonds is 0. The summed E-state index contributed by atoms with van der Waals surface area (Å²) in [7, 11) is 0. The molecule has 0 aromatic heterocycles. The van der Waals surface area contributed by atoms with Crippen molar-refractivity contribution >= 4 is 17.0 Å². The molecule has 0 spiro atoms. The van der Waals surface area contributed by atoms with Crippen LogP contribution in [0.4, 0.5) is 4.79 Å². The van der Waals surface area contributed by atoms with E-state index in [-0.39, 0.29) is 0 Å². The zero-order valence-corrected chi connectivity index (χ0v) is 5.06. The summed E-state index contributed by atoms with van der Waals surface area (Å²) in [4.78, 5) is 8.77. The first kappa shape index (κ1) is 7.72. The van der Waals surface area contributed by atoms with Crippen LogP contribution in [0, 0.1) is 0 Å². The summed E-state index contributed by atoms with van der Waals surface area (Å²) in [6, 6.07) is 0.583. The van der Waals surface area contributed by atoms with Gasteiger partial charge in [-0.25, -0.2) is 4.79 Å². The van der Waals surface area contributed by atoms with E-state index in [1.165, 1.54) is 12.8 Å². The lowest BCUT2D eigenvalue weighted by Gasteiger charge is -1.58. The Balaban J connectivity index is 0.000000122. The van der Waals surface area contributed by atoms with E-state index in [1.807, 2.05) is 0 Å². The second-order valence-electron chi connectivity index (χ2n) is 1.59. The van der Waals surface area contributed by atoms with Gasteiger partial charge in [0, 0.05) is 17.6 Å². The molecule has 0 amide bonds. The Morgan fingerprint density at radius 1 is 1.75 bits per heavy atom. The van der Waals surface area contributed by atoms with Gasteiger partial charge < -0.3 is 10.8 Å². The van der Waals surface area contributed by atoms with Crippen LogP contribution >= 0.6 is 11.6 Å². The third-order valence-electron chi connectivity index (χ3n) is 0.622. The Bertz CT molecular complexity index is 78.1. The molecule has 1 aliphatic carbocycles. The van der Waals surface area contributed by atoms with Gasteiger partial charge in [0.25, 0.3) is 0 Å². The molecular formula is C4H8ClNO2. The van der Waals surface area contributed by atoms with Crippen LogP contribution in [0.2, 0.25) is 0 Å². The molecule has 0 aromatic rings. The lowest BCUT2D eigenvalue weighted by Crippen LogP contribution is -1.94. The molecule has 1 aliphatic rings. The van der Waals surface area contributed by atoms with Crippen LogP contribution in [0.25, 0.3) is 0 Å². The molecule has 0 radical (unpaired) electrons. The number of nitrogens with two attached hydrogens (primary N) is 1. The standard InChI is InChI=1S/C3H7N.CHClO2/c4-3-1-2-3;2-1(3)4/h3H,1-2,4H2;(H,3,4). The number of carboxylic acid groups (broad SMARTS) is 1. The maximum Gasteiger partial charge on any atom is 0.401 e. The molecule has 1 fully saturated rings. The minimum absolute atomic E-state index is 0.583. The molecule has 3 N–H and O–H groups in total. The lowest BCUT2D eigenvalue weighted by molar-refractivity contribution is 0.220. The molecule has 0 bridgehead atoms. The summed E-state index contributed by atoms with van der Waals surface area (Å²) in [6.07, 6.45) is 2.53. The minimum Gasteiger partial charge on any atom is -0.469 e. The van der Waals surface area contributed by atoms with Crippen LogP contribution in [0.5, 0.6) is 0 Å². The van der Waals surface area contributed by atoms with Crippen LogP contribution < -0.4 is 5.73 Å². The van der Waals surface area contributed by atoms with Gasteiger partial charge in [0.05, 0.1) is 0 Å². The second kappa shape index (κ2) is 3.69. The highest BCUT2D eigenvalue weighted by Crippen LogP contribution is 2.13. The van der Waals surface area contributed by atoms with Gasteiger partial charge in [-0.1, -0.05) is 0 Å². The Morgan fingerprint density at radius 2 is 1.88 bits per heavy atom. The highest BCUT2D eigenvalue weighted by Gasteiger charge is 2.13. The van der Waals surface area contributed by atoms with Gasteiger partial charge in [0.15, 0.2) is 0 Å². The molecule has 0 saturated heterocycles. The Morgan fingerprint density at radius 3 is 1.88 bits per heavy atom. The lowest BCUT2D eigenvalue weighted by atomic mass is 10.8. The Kier molecular flexibility index (Phi) is 3.56. The third-order valence-corrected chi connectivity index (χ3v) is 0.622. The number of hydrogen-bond donors (Lipinski definition) is 2. The maximum atomic E-state index is 8.77. The Labute approximate surface area is 52.4 Å². The van der Waals surface area contributed by atoms with E-state index in [0.29, 0.717) is 6.04 Å². The van der Waals surface area contributed by atoms with E-state index in [2.05, 4.69) is 11.6 Å². The highest BCUT2D eigenvalue weighted by atomic mass is 35.5. The zero-order valence-electron chi connectivity index (χ0n) is 4.30. The fourth-order valence-corrected chi connectivity index (χ4v) is 0.0962. The minimum atomic E-state index is -1.36. The summed E-state index contributed by atoms with van der Waals surface area (Å²) in [5.41, 5.74) is 3.86. The van der Waals surface area contributed by atoms with Gasteiger partial charge in [-0.15, -0.1) is 0 Å². The van der Waals surface area contributed by atoms with Crippen LogP contribution in [0.3, 0.4) is 0 Å². The van der Waals surface area contributed by atoms with E-state index in [4.69, 9.17) is 15.6 Å². The molecule has 8 heavy (non-hydrogen) atoms. The topological polar surface area (TPSA) is 63.3 Å². The van der Waals surface area contributed by atoms with Crippen molar-refractivity contribution in [1.29, 1.82) is 0 Å². The van der Waals surface area contributed by atoms with Crippen molar-refractivity contribution in [2.24, 2.45) is 5.73 Å². The molecule has 0 aliphatic heterocycles. The van der Waals surface area contributed by atoms with E-state index in [9.17, 15) is 0 Å². The zero-order chi connectivity index (χ0) is 6.57. The maximum absolute atomic E-state index is 8.77. The van der Waals surface area contributed by atoms with Crippen molar-refractivity contribution in [3.8, 4) is 0 Å². The molecule has 3 nitrogen and oxygen atoms in total. The van der Waals surface area contributed by atoms with Crippen molar-refractivity contribution in [2.45, 2.75) is 18.9 Å². The smallest absolute Gasteiger partial charge is 0.401 e. The van der Waals surface area contributed by atoms with Crippen molar-refractivity contribution in [3.63, 3.8) is 0 Å². The van der Waals surface area contributed by atoms with E-state index < -0.39 is 5.43 Å². The van der Waals surface area contributed by atoms with Gasteiger partial charge in [0.1, 0.15) is 0 Å². The van der Waals surface area contributed by atoms with Gasteiger partial charge in [-0.2, -0.15) is 0 Å². The molecule has 1 saturated carbocycles. The van der Waals surface area contributed by atoms with E-state index in [0.717, 1.165) is 0 Å². The first-order valence-electron chi connectivity index (χ1n) is 2.27. The fraction of sp³-hybridized carbons (Fsp3) is 0.750. The quantitative estimate of drug-likeness (QED) is 0.490. The third kappa shape index (κ3) is 17.2. The predicted molar refractivity (Wildman–Crippen MR) is 31.1 cm³/mol. The van der Waals surface area contributed by atoms with Gasteiger partial charge in [-0.05, 0) is 12.8 Å². The number of halogens is 1. The largest absolute Gasteiger partial charge is 0.469 e. The first-order valence-corrected chi connectivity index (χ1v) is 2.64. The summed E-state index contributed by atoms with van der Waals surface area (Å²) >= 11 is 4.19. The molecule has 0 unspecified atom stereocenters. The van der Waals surface area contributed by atoms with Crippen molar-refractivity contribution in [2.75, 3.05) is 0 Å². The Hall–Kier alpha value is -0.280.